The highest BCUT2D eigenvalue weighted by molar-refractivity contribution is 7.99. The van der Waals surface area contributed by atoms with E-state index in [1.165, 1.54) is 5.56 Å². The summed E-state index contributed by atoms with van der Waals surface area (Å²) in [5.74, 6) is 1.94. The Bertz CT molecular complexity index is 517. The van der Waals surface area contributed by atoms with Crippen molar-refractivity contribution < 1.29 is 0 Å². The molecule has 2 aromatic rings. The number of hydrogen-bond acceptors (Lipinski definition) is 3. The Labute approximate surface area is 112 Å². The molecule has 0 spiro atoms. The van der Waals surface area contributed by atoms with Crippen LogP contribution in [0.25, 0.3) is 0 Å². The van der Waals surface area contributed by atoms with Gasteiger partial charge in [0.15, 0.2) is 5.16 Å². The summed E-state index contributed by atoms with van der Waals surface area (Å²) < 4.78 is 2.07. The molecule has 1 aromatic carbocycles. The first-order valence-corrected chi connectivity index (χ1v) is 6.96. The van der Waals surface area contributed by atoms with Gasteiger partial charge in [-0.1, -0.05) is 54.2 Å². The van der Waals surface area contributed by atoms with Crippen molar-refractivity contribution in [1.29, 1.82) is 0 Å². The van der Waals surface area contributed by atoms with Crippen LogP contribution in [-0.2, 0) is 13.5 Å². The Morgan fingerprint density at radius 2 is 2.00 bits per heavy atom. The lowest BCUT2D eigenvalue weighted by atomic mass is 10.1. The number of aromatic nitrogens is 3. The maximum Gasteiger partial charge on any atom is 0.191 e. The molecule has 0 radical (unpaired) electrons. The normalized spacial score (nSPS) is 11.2. The minimum absolute atomic E-state index is 0.828. The molecule has 94 valence electrons. The lowest BCUT2D eigenvalue weighted by Gasteiger charge is -2.02. The fourth-order valence-electron chi connectivity index (χ4n) is 1.62. The summed E-state index contributed by atoms with van der Waals surface area (Å²) in [7, 11) is 2.02. The van der Waals surface area contributed by atoms with Crippen LogP contribution in [0.15, 0.2) is 47.6 Å². The summed E-state index contributed by atoms with van der Waals surface area (Å²) in [6, 6.07) is 10.3. The molecule has 3 nitrogen and oxygen atoms in total. The molecule has 2 rings (SSSR count). The van der Waals surface area contributed by atoms with Crippen molar-refractivity contribution in [3.8, 4) is 0 Å². The van der Waals surface area contributed by atoms with Crippen LogP contribution in [0.2, 0.25) is 0 Å². The van der Waals surface area contributed by atoms with Gasteiger partial charge in [-0.15, -0.1) is 10.2 Å². The molecule has 0 saturated carbocycles. The van der Waals surface area contributed by atoms with Crippen LogP contribution >= 0.6 is 11.8 Å². The number of benzene rings is 1. The van der Waals surface area contributed by atoms with Crippen molar-refractivity contribution in [3.63, 3.8) is 0 Å². The summed E-state index contributed by atoms with van der Waals surface area (Å²) in [5, 5.41) is 9.45. The van der Waals surface area contributed by atoms with E-state index in [1.807, 2.05) is 38.2 Å². The zero-order valence-corrected chi connectivity index (χ0v) is 11.5. The molecule has 0 unspecified atom stereocenters. The lowest BCUT2D eigenvalue weighted by molar-refractivity contribution is 0.749. The number of rotatable bonds is 5. The number of allylic oxidation sites excluding steroid dienone is 1. The van der Waals surface area contributed by atoms with E-state index in [2.05, 4.69) is 33.0 Å². The standard InChI is InChI=1S/C14H17N3S/c1-3-4-10-18-14-16-15-13(17(14)2)11-12-8-6-5-7-9-12/h3-9H,10-11H2,1-2H3. The molecule has 1 aromatic heterocycles. The van der Waals surface area contributed by atoms with Crippen LogP contribution in [0.5, 0.6) is 0 Å². The molecule has 0 aliphatic heterocycles. The zero-order valence-electron chi connectivity index (χ0n) is 10.7. The third kappa shape index (κ3) is 3.23. The van der Waals surface area contributed by atoms with Gasteiger partial charge in [-0.3, -0.25) is 0 Å². The molecule has 4 heteroatoms. The maximum atomic E-state index is 4.26. The van der Waals surface area contributed by atoms with Gasteiger partial charge in [0.05, 0.1) is 0 Å². The Kier molecular flexibility index (Phi) is 4.59. The third-order valence-corrected chi connectivity index (χ3v) is 3.65. The molecule has 0 saturated heterocycles. The predicted octanol–water partition coefficient (Wildman–Crippen LogP) is 3.07. The van der Waals surface area contributed by atoms with Crippen LogP contribution < -0.4 is 0 Å². The van der Waals surface area contributed by atoms with E-state index in [-0.39, 0.29) is 0 Å². The monoisotopic (exact) mass is 259 g/mol. The highest BCUT2D eigenvalue weighted by Gasteiger charge is 2.08. The van der Waals surface area contributed by atoms with E-state index in [0.717, 1.165) is 23.2 Å². The number of nitrogens with zero attached hydrogens (tertiary/aromatic N) is 3. The lowest BCUT2D eigenvalue weighted by Crippen LogP contribution is -2.00. The highest BCUT2D eigenvalue weighted by Crippen LogP contribution is 2.17. The molecule has 1 heterocycles. The number of hydrogen-bond donors (Lipinski definition) is 0. The van der Waals surface area contributed by atoms with Gasteiger partial charge in [0.25, 0.3) is 0 Å². The van der Waals surface area contributed by atoms with Gasteiger partial charge in [0.1, 0.15) is 5.82 Å². The quantitative estimate of drug-likeness (QED) is 0.610. The summed E-state index contributed by atoms with van der Waals surface area (Å²) in [6.45, 7) is 2.03. The fraction of sp³-hybridized carbons (Fsp3) is 0.286. The average Bonchev–Trinajstić information content (AvgIpc) is 2.73. The second-order valence-corrected chi connectivity index (χ2v) is 4.99. The summed E-state index contributed by atoms with van der Waals surface area (Å²) in [6.07, 6.45) is 5.00. The van der Waals surface area contributed by atoms with Gasteiger partial charge < -0.3 is 4.57 Å². The maximum absolute atomic E-state index is 4.26. The van der Waals surface area contributed by atoms with Crippen molar-refractivity contribution >= 4 is 11.8 Å². The minimum atomic E-state index is 0.828. The van der Waals surface area contributed by atoms with Crippen LogP contribution in [0.3, 0.4) is 0 Å². The van der Waals surface area contributed by atoms with Gasteiger partial charge in [0, 0.05) is 19.2 Å². The van der Waals surface area contributed by atoms with E-state index < -0.39 is 0 Å². The SMILES string of the molecule is CC=CCSc1nnc(Cc2ccccc2)n1C. The molecular weight excluding hydrogens is 242 g/mol. The Hall–Kier alpha value is -1.55. The van der Waals surface area contributed by atoms with Crippen LogP contribution in [0.4, 0.5) is 0 Å². The van der Waals surface area contributed by atoms with Crippen LogP contribution in [0.1, 0.15) is 18.3 Å². The first kappa shape index (κ1) is 12.9. The van der Waals surface area contributed by atoms with Crippen molar-refractivity contribution in [2.24, 2.45) is 7.05 Å². The van der Waals surface area contributed by atoms with E-state index in [0.29, 0.717) is 0 Å². The van der Waals surface area contributed by atoms with Crippen molar-refractivity contribution in [1.82, 2.24) is 14.8 Å². The highest BCUT2D eigenvalue weighted by atomic mass is 32.2. The van der Waals surface area contributed by atoms with E-state index >= 15 is 0 Å². The van der Waals surface area contributed by atoms with Gasteiger partial charge in [0.2, 0.25) is 0 Å². The molecule has 0 fully saturated rings. The molecule has 0 bridgehead atoms. The first-order chi connectivity index (χ1) is 8.81. The first-order valence-electron chi connectivity index (χ1n) is 5.97. The Morgan fingerprint density at radius 3 is 2.72 bits per heavy atom. The zero-order chi connectivity index (χ0) is 12.8. The smallest absolute Gasteiger partial charge is 0.191 e. The van der Waals surface area contributed by atoms with Crippen LogP contribution in [0, 0.1) is 0 Å². The average molecular weight is 259 g/mol. The van der Waals surface area contributed by atoms with E-state index in [1.54, 1.807) is 11.8 Å². The van der Waals surface area contributed by atoms with Crippen molar-refractivity contribution in [3.05, 3.63) is 53.9 Å². The molecular formula is C14H17N3S. The second kappa shape index (κ2) is 6.40. The topological polar surface area (TPSA) is 30.7 Å². The molecule has 0 atom stereocenters. The Morgan fingerprint density at radius 1 is 1.22 bits per heavy atom. The minimum Gasteiger partial charge on any atom is -0.309 e. The fourth-order valence-corrected chi connectivity index (χ4v) is 2.46. The second-order valence-electron chi connectivity index (χ2n) is 4.00. The van der Waals surface area contributed by atoms with E-state index in [4.69, 9.17) is 0 Å². The van der Waals surface area contributed by atoms with E-state index in [9.17, 15) is 0 Å². The molecule has 0 N–H and O–H groups in total. The predicted molar refractivity (Wildman–Crippen MR) is 75.8 cm³/mol. The third-order valence-electron chi connectivity index (χ3n) is 2.67. The summed E-state index contributed by atoms with van der Waals surface area (Å²) in [4.78, 5) is 0. The molecule has 18 heavy (non-hydrogen) atoms. The largest absolute Gasteiger partial charge is 0.309 e. The van der Waals surface area contributed by atoms with Gasteiger partial charge in [-0.25, -0.2) is 0 Å². The summed E-state index contributed by atoms with van der Waals surface area (Å²) >= 11 is 1.71. The van der Waals surface area contributed by atoms with Crippen molar-refractivity contribution in [2.45, 2.75) is 18.5 Å². The Balaban J connectivity index is 2.06. The summed E-state index contributed by atoms with van der Waals surface area (Å²) in [5.41, 5.74) is 1.26. The molecule has 0 aliphatic rings. The molecule has 0 amide bonds. The number of thioether (sulfide) groups is 1. The van der Waals surface area contributed by atoms with Gasteiger partial charge in [-0.2, -0.15) is 0 Å². The van der Waals surface area contributed by atoms with Gasteiger partial charge >= 0.3 is 0 Å². The van der Waals surface area contributed by atoms with Gasteiger partial charge in [-0.05, 0) is 12.5 Å². The van der Waals surface area contributed by atoms with Crippen LogP contribution in [-0.4, -0.2) is 20.5 Å². The molecule has 0 aliphatic carbocycles. The van der Waals surface area contributed by atoms with Crippen molar-refractivity contribution in [2.75, 3.05) is 5.75 Å².